The van der Waals surface area contributed by atoms with Crippen molar-refractivity contribution in [1.82, 2.24) is 14.7 Å². The maximum Gasteiger partial charge on any atom is 0.328 e. The maximum absolute atomic E-state index is 13.6. The second-order valence-electron chi connectivity index (χ2n) is 8.54. The highest BCUT2D eigenvalue weighted by Crippen LogP contribution is 2.39. The average Bonchev–Trinajstić information content (AvgIpc) is 3.27. The number of amides is 3. The summed E-state index contributed by atoms with van der Waals surface area (Å²) in [6.07, 6.45) is 1.23. The van der Waals surface area contributed by atoms with Crippen LogP contribution in [0, 0.1) is 13.8 Å². The summed E-state index contributed by atoms with van der Waals surface area (Å²) in [6, 6.07) is 12.0. The lowest BCUT2D eigenvalue weighted by Crippen LogP contribution is -2.63. The number of imide groups is 1. The first kappa shape index (κ1) is 20.1. The Balaban J connectivity index is 1.50. The van der Waals surface area contributed by atoms with E-state index < -0.39 is 12.2 Å². The molecule has 2 atom stereocenters. The molecule has 0 spiro atoms. The van der Waals surface area contributed by atoms with E-state index in [1.54, 1.807) is 25.2 Å². The zero-order chi connectivity index (χ0) is 22.7. The molecule has 3 heterocycles. The van der Waals surface area contributed by atoms with Gasteiger partial charge in [-0.25, -0.2) is 9.79 Å². The molecule has 32 heavy (non-hydrogen) atoms. The highest BCUT2D eigenvalue weighted by Gasteiger charge is 2.54. The van der Waals surface area contributed by atoms with Crippen LogP contribution in [0.15, 0.2) is 59.4 Å². The molecule has 0 bridgehead atoms. The van der Waals surface area contributed by atoms with Crippen molar-refractivity contribution < 1.29 is 14.7 Å². The Bertz CT molecular complexity index is 1200. The number of likely N-dealkylation sites (N-methyl/N-ethyl adjacent to an activating group) is 1. The third-order valence-electron chi connectivity index (χ3n) is 6.34. The molecule has 1 saturated heterocycles. The summed E-state index contributed by atoms with van der Waals surface area (Å²) in [5.41, 5.74) is 4.47. The summed E-state index contributed by atoms with van der Waals surface area (Å²) in [7, 11) is 1.68. The Kier molecular flexibility index (Phi) is 4.47. The van der Waals surface area contributed by atoms with Gasteiger partial charge >= 0.3 is 6.03 Å². The Morgan fingerprint density at radius 3 is 2.56 bits per heavy atom. The average molecular weight is 431 g/mol. The lowest BCUT2D eigenvalue weighted by atomic mass is 10.0. The van der Waals surface area contributed by atoms with Crippen molar-refractivity contribution in [2.45, 2.75) is 39.5 Å². The summed E-state index contributed by atoms with van der Waals surface area (Å²) >= 11 is 0. The number of aromatic hydroxyl groups is 1. The molecule has 2 unspecified atom stereocenters. The van der Waals surface area contributed by atoms with Crippen molar-refractivity contribution in [1.29, 1.82) is 0 Å². The molecule has 1 fully saturated rings. The van der Waals surface area contributed by atoms with Gasteiger partial charge in [0.25, 0.3) is 5.91 Å². The molecule has 3 aliphatic heterocycles. The van der Waals surface area contributed by atoms with Crippen molar-refractivity contribution in [2.75, 3.05) is 11.9 Å². The quantitative estimate of drug-likeness (QED) is 0.808. The predicted octanol–water partition coefficient (Wildman–Crippen LogP) is 3.15. The molecular formula is C24H25N5O3. The topological polar surface area (TPSA) is 79.7 Å². The first-order chi connectivity index (χ1) is 15.3. The molecule has 3 amide bonds. The van der Waals surface area contributed by atoms with Crippen molar-refractivity contribution >= 4 is 23.6 Å². The minimum Gasteiger partial charge on any atom is -0.506 e. The minimum atomic E-state index is -0.649. The van der Waals surface area contributed by atoms with E-state index in [4.69, 9.17) is 4.99 Å². The van der Waals surface area contributed by atoms with Gasteiger partial charge in [-0.1, -0.05) is 35.9 Å². The van der Waals surface area contributed by atoms with Gasteiger partial charge in [0, 0.05) is 18.9 Å². The van der Waals surface area contributed by atoms with Crippen molar-refractivity contribution in [3.05, 3.63) is 71.1 Å². The fraction of sp³-hybridized carbons (Fsp3) is 0.292. The SMILES string of the molecule is CC1=CN2C(=NC3C2C(=O)N(Cc2cc(C)ccc2C)C(=O)N3C)N1c1ccccc1O. The zero-order valence-electron chi connectivity index (χ0n) is 18.5. The number of para-hydroxylation sites is 2. The van der Waals surface area contributed by atoms with Crippen molar-refractivity contribution in [3.8, 4) is 5.75 Å². The smallest absolute Gasteiger partial charge is 0.328 e. The van der Waals surface area contributed by atoms with Crippen molar-refractivity contribution in [3.63, 3.8) is 0 Å². The van der Waals surface area contributed by atoms with Crippen LogP contribution >= 0.6 is 0 Å². The fourth-order valence-electron chi connectivity index (χ4n) is 4.59. The van der Waals surface area contributed by atoms with Gasteiger partial charge in [-0.15, -0.1) is 0 Å². The molecule has 5 rings (SSSR count). The number of aliphatic imine (C=N–C) groups is 1. The summed E-state index contributed by atoms with van der Waals surface area (Å²) in [4.78, 5) is 37.9. The number of carbonyl (C=O) groups excluding carboxylic acids is 2. The van der Waals surface area contributed by atoms with Crippen LogP contribution in [0.5, 0.6) is 5.75 Å². The number of guanidine groups is 1. The number of nitrogens with zero attached hydrogens (tertiary/aromatic N) is 5. The first-order valence-corrected chi connectivity index (χ1v) is 10.5. The number of rotatable bonds is 3. The van der Waals surface area contributed by atoms with Crippen LogP contribution in [0.1, 0.15) is 23.6 Å². The highest BCUT2D eigenvalue weighted by molar-refractivity contribution is 6.10. The molecular weight excluding hydrogens is 406 g/mol. The van der Waals surface area contributed by atoms with Gasteiger partial charge in [-0.05, 0) is 44.0 Å². The molecule has 1 N–H and O–H groups in total. The van der Waals surface area contributed by atoms with E-state index in [0.717, 1.165) is 22.4 Å². The first-order valence-electron chi connectivity index (χ1n) is 10.5. The molecule has 8 nitrogen and oxygen atoms in total. The van der Waals surface area contributed by atoms with Gasteiger partial charge in [-0.3, -0.25) is 14.6 Å². The van der Waals surface area contributed by atoms with Crippen LogP contribution < -0.4 is 4.90 Å². The fourth-order valence-corrected chi connectivity index (χ4v) is 4.59. The number of benzene rings is 2. The number of fused-ring (bicyclic) bond motifs is 3. The molecule has 0 saturated carbocycles. The summed E-state index contributed by atoms with van der Waals surface area (Å²) in [5, 5.41) is 10.4. The van der Waals surface area contributed by atoms with Crippen LogP contribution in [-0.2, 0) is 11.3 Å². The number of hydrogen-bond acceptors (Lipinski definition) is 6. The van der Waals surface area contributed by atoms with E-state index in [1.165, 1.54) is 9.80 Å². The van der Waals surface area contributed by atoms with Crippen molar-refractivity contribution in [2.24, 2.45) is 4.99 Å². The third-order valence-corrected chi connectivity index (χ3v) is 6.34. The summed E-state index contributed by atoms with van der Waals surface area (Å²) in [5.74, 6) is 0.369. The van der Waals surface area contributed by atoms with Crippen LogP contribution in [0.25, 0.3) is 0 Å². The van der Waals surface area contributed by atoms with Crippen LogP contribution in [-0.4, -0.2) is 57.0 Å². The standard InChI is InChI=1S/C24H25N5O3/c1-14-9-10-15(2)17(11-14)13-28-22(31)20-21(26(4)24(28)32)25-23-27(20)12-16(3)29(23)18-7-5-6-8-19(18)30/h5-12,20-21,30H,13H2,1-4H3. The molecule has 2 aromatic rings. The summed E-state index contributed by atoms with van der Waals surface area (Å²) in [6.45, 7) is 6.09. The maximum atomic E-state index is 13.6. The lowest BCUT2D eigenvalue weighted by Gasteiger charge is -2.40. The van der Waals surface area contributed by atoms with Gasteiger partial charge in [0.05, 0.1) is 12.2 Å². The Labute approximate surface area is 186 Å². The van der Waals surface area contributed by atoms with Gasteiger partial charge in [-0.2, -0.15) is 0 Å². The number of aryl methyl sites for hydroxylation is 2. The lowest BCUT2D eigenvalue weighted by molar-refractivity contribution is -0.137. The molecule has 0 radical (unpaired) electrons. The van der Waals surface area contributed by atoms with Gasteiger partial charge in [0.2, 0.25) is 5.96 Å². The second-order valence-corrected chi connectivity index (χ2v) is 8.54. The van der Waals surface area contributed by atoms with Gasteiger partial charge < -0.3 is 14.9 Å². The van der Waals surface area contributed by atoms with E-state index >= 15 is 0 Å². The minimum absolute atomic E-state index is 0.118. The van der Waals surface area contributed by atoms with Crippen LogP contribution in [0.2, 0.25) is 0 Å². The summed E-state index contributed by atoms with van der Waals surface area (Å²) < 4.78 is 0. The highest BCUT2D eigenvalue weighted by atomic mass is 16.3. The molecule has 3 aliphatic rings. The normalized spacial score (nSPS) is 22.2. The van der Waals surface area contributed by atoms with E-state index in [0.29, 0.717) is 11.6 Å². The van der Waals surface area contributed by atoms with E-state index in [9.17, 15) is 14.7 Å². The second kappa shape index (κ2) is 7.12. The van der Waals surface area contributed by atoms with Crippen LogP contribution in [0.3, 0.4) is 0 Å². The number of urea groups is 1. The van der Waals surface area contributed by atoms with E-state index in [-0.39, 0.29) is 24.2 Å². The molecule has 0 aliphatic carbocycles. The number of allylic oxidation sites excluding steroid dienone is 1. The Morgan fingerprint density at radius 1 is 1.06 bits per heavy atom. The zero-order valence-corrected chi connectivity index (χ0v) is 18.5. The molecule has 2 aromatic carbocycles. The largest absolute Gasteiger partial charge is 0.506 e. The Morgan fingerprint density at radius 2 is 1.81 bits per heavy atom. The molecule has 0 aromatic heterocycles. The number of carbonyl (C=O) groups is 2. The number of phenols is 1. The monoisotopic (exact) mass is 431 g/mol. The molecule has 8 heteroatoms. The number of phenolic OH excluding ortho intramolecular Hbond substituents is 1. The number of anilines is 1. The van der Waals surface area contributed by atoms with Gasteiger partial charge in [0.1, 0.15) is 5.75 Å². The Hall–Kier alpha value is -3.81. The van der Waals surface area contributed by atoms with E-state index in [1.807, 2.05) is 61.0 Å². The van der Waals surface area contributed by atoms with Crippen LogP contribution in [0.4, 0.5) is 10.5 Å². The predicted molar refractivity (Wildman–Crippen MR) is 121 cm³/mol. The number of hydrogen-bond donors (Lipinski definition) is 1. The van der Waals surface area contributed by atoms with Gasteiger partial charge in [0.15, 0.2) is 12.2 Å². The third kappa shape index (κ3) is 2.86. The van der Waals surface area contributed by atoms with E-state index in [2.05, 4.69) is 0 Å². The molecule has 164 valence electrons.